The number of methoxy groups -OCH3 is 2. The summed E-state index contributed by atoms with van der Waals surface area (Å²) >= 11 is 0. The second kappa shape index (κ2) is 11.0. The Kier molecular flexibility index (Phi) is 7.07. The van der Waals surface area contributed by atoms with E-state index >= 15 is 0 Å². The summed E-state index contributed by atoms with van der Waals surface area (Å²) in [6, 6.07) is 10.7. The molecular formula is C32H35FN8O4. The summed E-state index contributed by atoms with van der Waals surface area (Å²) in [5, 5.41) is 5.24. The van der Waals surface area contributed by atoms with Gasteiger partial charge in [-0.25, -0.2) is 19.2 Å². The number of imidazole rings is 1. The van der Waals surface area contributed by atoms with Crippen molar-refractivity contribution in [3.63, 3.8) is 0 Å². The lowest BCUT2D eigenvalue weighted by Gasteiger charge is -2.33. The Hall–Kier alpha value is -4.78. The number of halogens is 1. The summed E-state index contributed by atoms with van der Waals surface area (Å²) in [5.41, 5.74) is 11.0. The molecule has 5 heterocycles. The van der Waals surface area contributed by atoms with Crippen LogP contribution in [0.3, 0.4) is 0 Å². The SMILES string of the molecule is COC(=O)c1cc(-c2ccc3cc(-c4nc5cc(C(=O)N6C[C@H](N)C[C@@H](F)C6)cc(OC)c5n4C)n(CC4CC4)c3n2)n(C)n1. The maximum absolute atomic E-state index is 14.3. The molecule has 0 radical (unpaired) electrons. The van der Waals surface area contributed by atoms with Crippen LogP contribution < -0.4 is 10.5 Å². The van der Waals surface area contributed by atoms with Crippen molar-refractivity contribution in [1.29, 1.82) is 0 Å². The van der Waals surface area contributed by atoms with Gasteiger partial charge in [-0.05, 0) is 55.5 Å². The number of rotatable bonds is 7. The lowest BCUT2D eigenvalue weighted by molar-refractivity contribution is 0.0591. The van der Waals surface area contributed by atoms with Gasteiger partial charge in [-0.3, -0.25) is 9.48 Å². The molecule has 234 valence electrons. The van der Waals surface area contributed by atoms with Crippen molar-refractivity contribution in [2.45, 2.75) is 38.0 Å². The molecule has 5 aromatic rings. The number of hydrogen-bond acceptors (Lipinski definition) is 8. The fourth-order valence-electron chi connectivity index (χ4n) is 6.35. The summed E-state index contributed by atoms with van der Waals surface area (Å²) in [5.74, 6) is 0.926. The van der Waals surface area contributed by atoms with Crippen LogP contribution in [0.15, 0.2) is 36.4 Å². The minimum absolute atomic E-state index is 0.0133. The number of alkyl halides is 1. The van der Waals surface area contributed by atoms with Crippen molar-refractivity contribution in [3.8, 4) is 28.7 Å². The molecule has 45 heavy (non-hydrogen) atoms. The van der Waals surface area contributed by atoms with Gasteiger partial charge in [0.2, 0.25) is 0 Å². The van der Waals surface area contributed by atoms with Crippen LogP contribution in [0.2, 0.25) is 0 Å². The number of aromatic nitrogens is 6. The van der Waals surface area contributed by atoms with Crippen molar-refractivity contribution in [3.05, 3.63) is 47.7 Å². The smallest absolute Gasteiger partial charge is 0.358 e. The zero-order valence-electron chi connectivity index (χ0n) is 25.7. The maximum Gasteiger partial charge on any atom is 0.358 e. The topological polar surface area (TPSA) is 135 Å². The number of hydrogen-bond donors (Lipinski definition) is 1. The van der Waals surface area contributed by atoms with Crippen LogP contribution in [0.25, 0.3) is 45.0 Å². The molecule has 2 N–H and O–H groups in total. The molecule has 1 saturated heterocycles. The number of piperidine rings is 1. The van der Waals surface area contributed by atoms with Crippen LogP contribution in [0.5, 0.6) is 5.75 Å². The molecule has 12 nitrogen and oxygen atoms in total. The first kappa shape index (κ1) is 29.0. The average molecular weight is 615 g/mol. The third-order valence-electron chi connectivity index (χ3n) is 8.77. The summed E-state index contributed by atoms with van der Waals surface area (Å²) < 4.78 is 30.7. The van der Waals surface area contributed by atoms with Gasteiger partial charge in [-0.1, -0.05) is 0 Å². The highest BCUT2D eigenvalue weighted by atomic mass is 19.1. The van der Waals surface area contributed by atoms with E-state index in [2.05, 4.69) is 15.7 Å². The molecular weight excluding hydrogens is 579 g/mol. The molecule has 0 spiro atoms. The lowest BCUT2D eigenvalue weighted by Crippen LogP contribution is -2.50. The van der Waals surface area contributed by atoms with E-state index in [0.29, 0.717) is 46.5 Å². The van der Waals surface area contributed by atoms with Crippen LogP contribution in [0.1, 0.15) is 40.1 Å². The first-order valence-electron chi connectivity index (χ1n) is 15.0. The molecule has 1 aliphatic heterocycles. The van der Waals surface area contributed by atoms with Crippen molar-refractivity contribution in [1.82, 2.24) is 33.8 Å². The number of esters is 1. The number of carbonyl (C=O) groups is 2. The van der Waals surface area contributed by atoms with Gasteiger partial charge in [0.15, 0.2) is 11.5 Å². The normalized spacial score (nSPS) is 18.6. The monoisotopic (exact) mass is 614 g/mol. The van der Waals surface area contributed by atoms with Gasteiger partial charge in [0.1, 0.15) is 23.1 Å². The van der Waals surface area contributed by atoms with Gasteiger partial charge in [-0.15, -0.1) is 0 Å². The van der Waals surface area contributed by atoms with Gasteiger partial charge in [0, 0.05) is 50.2 Å². The number of nitrogens with zero attached hydrogens (tertiary/aromatic N) is 7. The fourth-order valence-corrected chi connectivity index (χ4v) is 6.35. The molecule has 1 saturated carbocycles. The van der Waals surface area contributed by atoms with Crippen LogP contribution >= 0.6 is 0 Å². The largest absolute Gasteiger partial charge is 0.494 e. The third kappa shape index (κ3) is 5.10. The molecule has 13 heteroatoms. The molecule has 4 aromatic heterocycles. The van der Waals surface area contributed by atoms with Crippen molar-refractivity contribution < 1.29 is 23.5 Å². The number of amides is 1. The molecule has 1 aromatic carbocycles. The van der Waals surface area contributed by atoms with E-state index in [4.69, 9.17) is 25.2 Å². The van der Waals surface area contributed by atoms with E-state index in [1.54, 1.807) is 37.0 Å². The minimum Gasteiger partial charge on any atom is -0.494 e. The molecule has 7 rings (SSSR count). The Balaban J connectivity index is 1.33. The zero-order chi connectivity index (χ0) is 31.6. The molecule has 1 aliphatic carbocycles. The average Bonchev–Trinajstić information content (AvgIpc) is 3.53. The molecule has 2 fully saturated rings. The number of benzene rings is 1. The standard InChI is InChI=1S/C32H35FN8O4/c1-38-28-23(9-19(11-27(28)44-3)31(42)40-15-20(33)12-21(34)16-40)36-30(38)26-10-18-7-8-22(35-29(18)41(26)14-17-5-6-17)25-13-24(32(43)45-4)37-39(25)2/h7-11,13,17,20-21H,5-6,12,14-16,34H2,1-4H3/t20-,21-/m1/s1. The quantitative estimate of drug-likeness (QED) is 0.274. The van der Waals surface area contributed by atoms with E-state index in [0.717, 1.165) is 41.6 Å². The van der Waals surface area contributed by atoms with Gasteiger partial charge in [0.05, 0.1) is 43.4 Å². The second-order valence-electron chi connectivity index (χ2n) is 12.1. The Morgan fingerprint density at radius 1 is 1.04 bits per heavy atom. The first-order valence-corrected chi connectivity index (χ1v) is 15.0. The number of nitrogens with two attached hydrogens (primary N) is 1. The molecule has 2 atom stereocenters. The predicted octanol–water partition coefficient (Wildman–Crippen LogP) is 3.71. The van der Waals surface area contributed by atoms with E-state index in [9.17, 15) is 14.0 Å². The number of aryl methyl sites for hydroxylation is 2. The Labute approximate surface area is 258 Å². The highest BCUT2D eigenvalue weighted by Gasteiger charge is 2.31. The van der Waals surface area contributed by atoms with Crippen molar-refractivity contribution in [2.24, 2.45) is 25.7 Å². The van der Waals surface area contributed by atoms with E-state index < -0.39 is 18.2 Å². The summed E-state index contributed by atoms with van der Waals surface area (Å²) in [6.45, 7) is 1.09. The first-order chi connectivity index (χ1) is 21.6. The lowest BCUT2D eigenvalue weighted by atomic mass is 10.0. The number of fused-ring (bicyclic) bond motifs is 2. The highest BCUT2D eigenvalue weighted by molar-refractivity contribution is 6.00. The van der Waals surface area contributed by atoms with Gasteiger partial charge in [0.25, 0.3) is 5.91 Å². The summed E-state index contributed by atoms with van der Waals surface area (Å²) in [7, 11) is 6.58. The van der Waals surface area contributed by atoms with Gasteiger partial charge >= 0.3 is 5.97 Å². The Bertz CT molecular complexity index is 1960. The Morgan fingerprint density at radius 3 is 2.56 bits per heavy atom. The Morgan fingerprint density at radius 2 is 1.84 bits per heavy atom. The van der Waals surface area contributed by atoms with E-state index in [-0.39, 0.29) is 24.6 Å². The fraction of sp³-hybridized carbons (Fsp3) is 0.406. The third-order valence-corrected chi connectivity index (χ3v) is 8.77. The van der Waals surface area contributed by atoms with E-state index in [1.807, 2.05) is 23.7 Å². The van der Waals surface area contributed by atoms with Gasteiger partial charge in [-0.2, -0.15) is 5.10 Å². The minimum atomic E-state index is -1.15. The summed E-state index contributed by atoms with van der Waals surface area (Å²) in [4.78, 5) is 37.1. The summed E-state index contributed by atoms with van der Waals surface area (Å²) in [6.07, 6.45) is 1.38. The van der Waals surface area contributed by atoms with Crippen LogP contribution in [0, 0.1) is 5.92 Å². The highest BCUT2D eigenvalue weighted by Crippen LogP contribution is 2.38. The van der Waals surface area contributed by atoms with Gasteiger partial charge < -0.3 is 29.2 Å². The molecule has 0 bridgehead atoms. The molecule has 2 aliphatic rings. The van der Waals surface area contributed by atoms with Crippen molar-refractivity contribution >= 4 is 33.9 Å². The van der Waals surface area contributed by atoms with Crippen LogP contribution in [-0.2, 0) is 25.4 Å². The number of carbonyl (C=O) groups excluding carboxylic acids is 2. The maximum atomic E-state index is 14.3. The van der Waals surface area contributed by atoms with Crippen molar-refractivity contribution in [2.75, 3.05) is 27.3 Å². The molecule has 0 unspecified atom stereocenters. The predicted molar refractivity (Wildman–Crippen MR) is 166 cm³/mol. The second-order valence-corrected chi connectivity index (χ2v) is 12.1. The zero-order valence-corrected chi connectivity index (χ0v) is 25.7. The number of ether oxygens (including phenoxy) is 2. The number of pyridine rings is 1. The van der Waals surface area contributed by atoms with E-state index in [1.165, 1.54) is 12.0 Å². The van der Waals surface area contributed by atoms with Crippen LogP contribution in [0.4, 0.5) is 4.39 Å². The molecule has 1 amide bonds. The van der Waals surface area contributed by atoms with Crippen LogP contribution in [-0.4, -0.2) is 85.2 Å². The number of likely N-dealkylation sites (tertiary alicyclic amines) is 1.